The van der Waals surface area contributed by atoms with Crippen LogP contribution >= 0.6 is 0 Å². The van der Waals surface area contributed by atoms with Crippen LogP contribution in [0.1, 0.15) is 51.3 Å². The number of fused-ring (bicyclic) bond motifs is 4. The van der Waals surface area contributed by atoms with E-state index in [1.165, 1.54) is 16.7 Å². The van der Waals surface area contributed by atoms with E-state index in [4.69, 9.17) is 9.72 Å². The monoisotopic (exact) mass is 972 g/mol. The predicted molar refractivity (Wildman–Crippen MR) is 247 cm³/mol. The number of nitrogens with zero attached hydrogens (tertiary/aromatic N) is 4. The van der Waals surface area contributed by atoms with Gasteiger partial charge in [0.2, 0.25) is 0 Å². The van der Waals surface area contributed by atoms with Gasteiger partial charge in [-0.1, -0.05) is 143 Å². The van der Waals surface area contributed by atoms with Gasteiger partial charge in [-0.05, 0) is 69.5 Å². The van der Waals surface area contributed by atoms with E-state index in [2.05, 4.69) is 219 Å². The van der Waals surface area contributed by atoms with Crippen LogP contribution in [0.4, 0.5) is 22.7 Å². The van der Waals surface area contributed by atoms with Crippen molar-refractivity contribution in [3.8, 4) is 28.4 Å². The molecule has 1 aliphatic rings. The van der Waals surface area contributed by atoms with Crippen molar-refractivity contribution < 1.29 is 25.8 Å². The van der Waals surface area contributed by atoms with Crippen LogP contribution in [0, 0.1) is 18.8 Å². The van der Waals surface area contributed by atoms with Gasteiger partial charge in [0.15, 0.2) is 0 Å². The molecule has 7 aromatic carbocycles. The van der Waals surface area contributed by atoms with E-state index >= 15 is 0 Å². The minimum Gasteiger partial charge on any atom is -0.509 e. The molecule has 0 amide bonds. The summed E-state index contributed by atoms with van der Waals surface area (Å²) in [6.07, 6.45) is 1.91. The van der Waals surface area contributed by atoms with Crippen molar-refractivity contribution in [1.29, 1.82) is 0 Å². The van der Waals surface area contributed by atoms with Crippen molar-refractivity contribution in [2.75, 3.05) is 9.80 Å². The van der Waals surface area contributed by atoms with Crippen LogP contribution in [-0.4, -0.2) is 9.55 Å². The molecule has 0 bridgehead atoms. The molecule has 2 aromatic heterocycles. The molecule has 9 aromatic rings. The normalized spacial score (nSPS) is 12.7. The number of ether oxygens (including phenoxy) is 1. The first-order valence-electron chi connectivity index (χ1n) is 20.5. The Kier molecular flexibility index (Phi) is 10.4. The van der Waals surface area contributed by atoms with E-state index in [0.717, 1.165) is 61.5 Å². The zero-order valence-electron chi connectivity index (χ0n) is 34.8. The Labute approximate surface area is 373 Å². The molecule has 0 unspecified atom stereocenters. The van der Waals surface area contributed by atoms with Gasteiger partial charge in [0.25, 0.3) is 0 Å². The first-order valence-corrected chi connectivity index (χ1v) is 20.5. The van der Waals surface area contributed by atoms with Crippen molar-refractivity contribution >= 4 is 44.6 Å². The Bertz CT molecular complexity index is 3020. The van der Waals surface area contributed by atoms with E-state index in [9.17, 15) is 0 Å². The fourth-order valence-corrected chi connectivity index (χ4v) is 8.45. The van der Waals surface area contributed by atoms with Crippen LogP contribution in [0.5, 0.6) is 11.5 Å². The van der Waals surface area contributed by atoms with Crippen LogP contribution in [0.25, 0.3) is 38.8 Å². The summed E-state index contributed by atoms with van der Waals surface area (Å²) in [7, 11) is 0. The van der Waals surface area contributed by atoms with E-state index in [1.807, 2.05) is 24.4 Å². The van der Waals surface area contributed by atoms with Gasteiger partial charge in [0.05, 0.1) is 0 Å². The summed E-state index contributed by atoms with van der Waals surface area (Å²) in [5, 5.41) is 2.22. The Morgan fingerprint density at radius 1 is 0.574 bits per heavy atom. The summed E-state index contributed by atoms with van der Waals surface area (Å²) in [6, 6.07) is 66.8. The molecule has 304 valence electrons. The molecule has 5 nitrogen and oxygen atoms in total. The molecule has 0 radical (unpaired) electrons. The molecule has 6 heteroatoms. The molecule has 10 rings (SSSR count). The zero-order valence-corrected chi connectivity index (χ0v) is 37.1. The summed E-state index contributed by atoms with van der Waals surface area (Å²) < 4.78 is 8.86. The Balaban J connectivity index is 0.00000476. The quantitative estimate of drug-likeness (QED) is 0.142. The van der Waals surface area contributed by atoms with Gasteiger partial charge >= 0.3 is 0 Å². The second-order valence-corrected chi connectivity index (χ2v) is 17.0. The summed E-state index contributed by atoms with van der Waals surface area (Å²) in [5.74, 6) is 2.02. The van der Waals surface area contributed by atoms with Gasteiger partial charge in [0.1, 0.15) is 5.82 Å². The molecule has 0 N–H and O–H groups in total. The van der Waals surface area contributed by atoms with Crippen LogP contribution < -0.4 is 14.5 Å². The molecular weight excluding hydrogens is 928 g/mol. The van der Waals surface area contributed by atoms with Gasteiger partial charge in [-0.15, -0.1) is 48.1 Å². The first-order chi connectivity index (χ1) is 29.1. The van der Waals surface area contributed by atoms with Crippen molar-refractivity contribution in [2.45, 2.75) is 45.4 Å². The number of para-hydroxylation sites is 2. The molecule has 0 aliphatic carbocycles. The minimum atomic E-state index is -0.222. The molecule has 3 heterocycles. The molecule has 0 spiro atoms. The number of pyridine rings is 1. The van der Waals surface area contributed by atoms with Gasteiger partial charge in [-0.2, -0.15) is 12.1 Å². The largest absolute Gasteiger partial charge is 0.509 e. The summed E-state index contributed by atoms with van der Waals surface area (Å²) in [4.78, 5) is 9.44. The van der Waals surface area contributed by atoms with E-state index in [-0.39, 0.29) is 31.9 Å². The minimum absolute atomic E-state index is 0. The van der Waals surface area contributed by atoms with Crippen molar-refractivity contribution in [3.05, 3.63) is 212 Å². The number of hydrogen-bond acceptors (Lipinski definition) is 4. The van der Waals surface area contributed by atoms with Crippen LogP contribution in [0.3, 0.4) is 0 Å². The molecule has 0 saturated carbocycles. The second-order valence-electron chi connectivity index (χ2n) is 17.0. The average molecular weight is 973 g/mol. The van der Waals surface area contributed by atoms with Crippen LogP contribution in [0.2, 0.25) is 0 Å². The third kappa shape index (κ3) is 7.32. The fourth-order valence-electron chi connectivity index (χ4n) is 8.45. The number of benzene rings is 7. The van der Waals surface area contributed by atoms with Gasteiger partial charge in [-0.25, -0.2) is 4.98 Å². The first kappa shape index (κ1) is 40.0. The molecule has 61 heavy (non-hydrogen) atoms. The third-order valence-electron chi connectivity index (χ3n) is 11.8. The Morgan fingerprint density at radius 3 is 2.08 bits per heavy atom. The average Bonchev–Trinajstić information content (AvgIpc) is 3.83. The number of anilines is 4. The SMILES string of the molecule is CC(C)(C)c1cccc(N2[CH-]N(c3[c-]c(Oc4[c-]c5c(cc4)c4ccccc4n5-c4cc(C(C)(C)c5ccccc5)ccn4)ccc3)c3cccc(-c4ccccc4)c32)c1.[Pt]. The number of aromatic nitrogens is 2. The molecular formula is C55H45N4OPt-3. The van der Waals surface area contributed by atoms with Crippen molar-refractivity contribution in [2.24, 2.45) is 0 Å². The predicted octanol–water partition coefficient (Wildman–Crippen LogP) is 14.3. The zero-order chi connectivity index (χ0) is 41.0. The molecule has 0 fully saturated rings. The van der Waals surface area contributed by atoms with Gasteiger partial charge in [-0.3, -0.25) is 0 Å². The van der Waals surface area contributed by atoms with Gasteiger partial charge < -0.3 is 19.1 Å². The third-order valence-corrected chi connectivity index (χ3v) is 11.8. The van der Waals surface area contributed by atoms with Crippen LogP contribution in [-0.2, 0) is 31.9 Å². The number of rotatable bonds is 8. The summed E-state index contributed by atoms with van der Waals surface area (Å²) in [5.41, 5.74) is 11.9. The maximum Gasteiger partial charge on any atom is 0.135 e. The Morgan fingerprint density at radius 2 is 1.28 bits per heavy atom. The van der Waals surface area contributed by atoms with Crippen molar-refractivity contribution in [1.82, 2.24) is 9.55 Å². The maximum atomic E-state index is 6.66. The summed E-state index contributed by atoms with van der Waals surface area (Å²) >= 11 is 0. The Hall–Kier alpha value is -6.42. The topological polar surface area (TPSA) is 33.5 Å². The van der Waals surface area contributed by atoms with E-state index < -0.39 is 0 Å². The van der Waals surface area contributed by atoms with E-state index in [0.29, 0.717) is 11.5 Å². The van der Waals surface area contributed by atoms with Crippen LogP contribution in [0.15, 0.2) is 176 Å². The molecule has 1 aliphatic heterocycles. The second kappa shape index (κ2) is 15.9. The van der Waals surface area contributed by atoms with Gasteiger partial charge in [0, 0.05) is 72.3 Å². The summed E-state index contributed by atoms with van der Waals surface area (Å²) in [6.45, 7) is 13.5. The maximum absolute atomic E-state index is 6.66. The fraction of sp³-hybridized carbons (Fsp3) is 0.127. The van der Waals surface area contributed by atoms with Crippen molar-refractivity contribution in [3.63, 3.8) is 0 Å². The standard InChI is InChI=1S/C55H45N4O.Pt/c1-54(2,3)40-21-14-22-42(33-40)58-37-57(50-28-16-26-46(53(50)58)38-17-8-6-9-18-38)43-23-15-24-44(35-43)60-45-29-30-48-47-25-12-13-27-49(47)59(51(48)36-45)52-34-41(31-32-56-52)55(4,5)39-19-10-7-11-20-39;/h6-34,37H,1-5H3;/q-3;. The molecule has 0 atom stereocenters. The van der Waals surface area contributed by atoms with E-state index in [1.54, 1.807) is 0 Å². The number of hydrogen-bond donors (Lipinski definition) is 0. The molecule has 0 saturated heterocycles. The smallest absolute Gasteiger partial charge is 0.135 e.